The van der Waals surface area contributed by atoms with Crippen LogP contribution in [0, 0.1) is 0 Å². The van der Waals surface area contributed by atoms with Gasteiger partial charge >= 0.3 is 5.97 Å². The number of thioether (sulfide) groups is 1. The fourth-order valence-electron chi connectivity index (χ4n) is 4.33. The molecule has 9 nitrogen and oxygen atoms in total. The van der Waals surface area contributed by atoms with E-state index in [1.54, 1.807) is 7.11 Å². The van der Waals surface area contributed by atoms with Gasteiger partial charge in [-0.3, -0.25) is 4.79 Å². The number of esters is 1. The summed E-state index contributed by atoms with van der Waals surface area (Å²) in [4.78, 5) is 25.7. The number of hydrogen-bond acceptors (Lipinski definition) is 9. The molecule has 11 heteroatoms. The molecule has 1 atom stereocenters. The monoisotopic (exact) mass is 608 g/mol. The Balaban J connectivity index is 1.43. The number of aromatic nitrogens is 3. The molecule has 1 amide bonds. The van der Waals surface area contributed by atoms with Gasteiger partial charge < -0.3 is 24.1 Å². The minimum atomic E-state index is -0.526. The summed E-state index contributed by atoms with van der Waals surface area (Å²) >= 11 is 2.54. The molecule has 4 aromatic rings. The van der Waals surface area contributed by atoms with Gasteiger partial charge in [-0.1, -0.05) is 56.8 Å². The predicted octanol–water partition coefficient (Wildman–Crippen LogP) is 6.99. The summed E-state index contributed by atoms with van der Waals surface area (Å²) in [5, 5.41) is 14.4. The third kappa shape index (κ3) is 7.14. The van der Waals surface area contributed by atoms with E-state index >= 15 is 0 Å². The number of hydrogen-bond donors (Lipinski definition) is 1. The lowest BCUT2D eigenvalue weighted by molar-refractivity contribution is -0.113. The maximum Gasteiger partial charge on any atom is 0.341 e. The molecule has 0 radical (unpaired) electrons. The summed E-state index contributed by atoms with van der Waals surface area (Å²) in [6.45, 7) is 11.1. The maximum absolute atomic E-state index is 13.0. The Bertz CT molecular complexity index is 1520. The summed E-state index contributed by atoms with van der Waals surface area (Å²) in [7, 11) is 2.91. The highest BCUT2D eigenvalue weighted by molar-refractivity contribution is 7.99. The molecule has 0 fully saturated rings. The van der Waals surface area contributed by atoms with Crippen LogP contribution in [0.1, 0.15) is 62.5 Å². The van der Waals surface area contributed by atoms with Gasteiger partial charge in [-0.25, -0.2) is 4.79 Å². The van der Waals surface area contributed by atoms with Gasteiger partial charge in [0.25, 0.3) is 0 Å². The van der Waals surface area contributed by atoms with E-state index in [-0.39, 0.29) is 23.2 Å². The molecule has 2 aromatic carbocycles. The molecule has 42 heavy (non-hydrogen) atoms. The van der Waals surface area contributed by atoms with Gasteiger partial charge in [0.1, 0.15) is 22.1 Å². The standard InChI is InChI=1S/C31H36N4O5S2/c1-8-35-27(19(2)40-23-15-11-21(12-16-23)31(3,4)5)33-34-30(35)42-18-25(36)32-28-26(29(37)39-7)24(17-41-28)20-9-13-22(38-6)14-10-20/h9-17,19H,8,18H2,1-7H3,(H,32,36). The van der Waals surface area contributed by atoms with Crippen LogP contribution in [-0.2, 0) is 21.5 Å². The van der Waals surface area contributed by atoms with E-state index in [1.807, 2.05) is 60.2 Å². The first kappa shape index (κ1) is 31.1. The molecular formula is C31H36N4O5S2. The van der Waals surface area contributed by atoms with Crippen molar-refractivity contribution in [2.24, 2.45) is 0 Å². The average molecular weight is 609 g/mol. The van der Waals surface area contributed by atoms with Crippen LogP contribution < -0.4 is 14.8 Å². The highest BCUT2D eigenvalue weighted by Crippen LogP contribution is 2.37. The van der Waals surface area contributed by atoms with Gasteiger partial charge in [-0.2, -0.15) is 0 Å². The van der Waals surface area contributed by atoms with Crippen LogP contribution in [0.3, 0.4) is 0 Å². The quantitative estimate of drug-likeness (QED) is 0.144. The normalized spacial score (nSPS) is 12.1. The van der Waals surface area contributed by atoms with Crippen LogP contribution in [0.15, 0.2) is 59.1 Å². The molecular weight excluding hydrogens is 572 g/mol. The van der Waals surface area contributed by atoms with Gasteiger partial charge in [-0.05, 0) is 54.7 Å². The van der Waals surface area contributed by atoms with Gasteiger partial charge in [0.2, 0.25) is 5.91 Å². The molecule has 222 valence electrons. The van der Waals surface area contributed by atoms with Crippen LogP contribution in [-0.4, -0.2) is 46.6 Å². The topological polar surface area (TPSA) is 105 Å². The second kappa shape index (κ2) is 13.4. The minimum Gasteiger partial charge on any atom is -0.497 e. The second-order valence-electron chi connectivity index (χ2n) is 10.5. The Kier molecular flexibility index (Phi) is 9.95. The molecule has 0 aliphatic rings. The van der Waals surface area contributed by atoms with Crippen molar-refractivity contribution in [2.75, 3.05) is 25.3 Å². The predicted molar refractivity (Wildman–Crippen MR) is 167 cm³/mol. The van der Waals surface area contributed by atoms with Crippen LogP contribution in [0.2, 0.25) is 0 Å². The summed E-state index contributed by atoms with van der Waals surface area (Å²) in [5.74, 6) is 1.42. The molecule has 0 saturated heterocycles. The van der Waals surface area contributed by atoms with Gasteiger partial charge in [0.15, 0.2) is 17.1 Å². The Hall–Kier alpha value is -3.83. The lowest BCUT2D eigenvalue weighted by Crippen LogP contribution is -2.17. The number of methoxy groups -OCH3 is 2. The van der Waals surface area contributed by atoms with E-state index in [4.69, 9.17) is 14.2 Å². The number of carbonyl (C=O) groups is 2. The summed E-state index contributed by atoms with van der Waals surface area (Å²) < 4.78 is 18.4. The summed E-state index contributed by atoms with van der Waals surface area (Å²) in [5.41, 5.74) is 3.09. The van der Waals surface area contributed by atoms with Crippen LogP contribution >= 0.6 is 23.1 Å². The number of ether oxygens (including phenoxy) is 3. The van der Waals surface area contributed by atoms with Crippen LogP contribution in [0.4, 0.5) is 5.00 Å². The van der Waals surface area contributed by atoms with Gasteiger partial charge in [-0.15, -0.1) is 21.5 Å². The number of amides is 1. The Morgan fingerprint density at radius 1 is 1.02 bits per heavy atom. The number of thiophene rings is 1. The molecule has 4 rings (SSSR count). The smallest absolute Gasteiger partial charge is 0.341 e. The molecule has 0 spiro atoms. The van der Waals surface area contributed by atoms with Crippen molar-refractivity contribution in [3.8, 4) is 22.6 Å². The Morgan fingerprint density at radius 2 is 1.69 bits per heavy atom. The van der Waals surface area contributed by atoms with Gasteiger partial charge in [0.05, 0.1) is 20.0 Å². The van der Waals surface area contributed by atoms with Crippen molar-refractivity contribution in [1.82, 2.24) is 14.8 Å². The molecule has 0 bridgehead atoms. The summed E-state index contributed by atoms with van der Waals surface area (Å²) in [6, 6.07) is 15.4. The first-order chi connectivity index (χ1) is 20.0. The van der Waals surface area contributed by atoms with Crippen molar-refractivity contribution in [3.05, 3.63) is 70.9 Å². The fourth-order valence-corrected chi connectivity index (χ4v) is 6.11. The lowest BCUT2D eigenvalue weighted by Gasteiger charge is -2.20. The highest BCUT2D eigenvalue weighted by atomic mass is 32.2. The lowest BCUT2D eigenvalue weighted by atomic mass is 9.87. The van der Waals surface area contributed by atoms with Crippen LogP contribution in [0.5, 0.6) is 11.5 Å². The molecule has 1 N–H and O–H groups in total. The molecule has 2 heterocycles. The second-order valence-corrected chi connectivity index (χ2v) is 12.4. The number of anilines is 1. The Morgan fingerprint density at radius 3 is 2.29 bits per heavy atom. The van der Waals surface area contributed by atoms with Crippen LogP contribution in [0.25, 0.3) is 11.1 Å². The Labute approximate surface area is 254 Å². The maximum atomic E-state index is 13.0. The molecule has 0 aliphatic carbocycles. The van der Waals surface area contributed by atoms with Gasteiger partial charge in [0, 0.05) is 17.5 Å². The number of carbonyl (C=O) groups excluding carboxylic acids is 2. The number of nitrogens with one attached hydrogen (secondary N) is 1. The molecule has 0 saturated carbocycles. The zero-order valence-corrected chi connectivity index (χ0v) is 26.5. The third-order valence-corrected chi connectivity index (χ3v) is 8.49. The van der Waals surface area contributed by atoms with E-state index in [9.17, 15) is 9.59 Å². The zero-order valence-electron chi connectivity index (χ0n) is 24.9. The van der Waals surface area contributed by atoms with E-state index in [0.717, 1.165) is 11.3 Å². The van der Waals surface area contributed by atoms with E-state index < -0.39 is 5.97 Å². The first-order valence-corrected chi connectivity index (χ1v) is 15.4. The molecule has 0 aliphatic heterocycles. The highest BCUT2D eigenvalue weighted by Gasteiger charge is 2.24. The van der Waals surface area contributed by atoms with Crippen molar-refractivity contribution in [3.63, 3.8) is 0 Å². The van der Waals surface area contributed by atoms with E-state index in [2.05, 4.69) is 48.4 Å². The fraction of sp³-hybridized carbons (Fsp3) is 0.355. The number of benzene rings is 2. The third-order valence-electron chi connectivity index (χ3n) is 6.63. The first-order valence-electron chi connectivity index (χ1n) is 13.5. The number of nitrogens with zero attached hydrogens (tertiary/aromatic N) is 3. The summed E-state index contributed by atoms with van der Waals surface area (Å²) in [6.07, 6.45) is -0.341. The minimum absolute atomic E-state index is 0.0636. The van der Waals surface area contributed by atoms with Crippen molar-refractivity contribution >= 4 is 40.0 Å². The van der Waals surface area contributed by atoms with Crippen molar-refractivity contribution < 1.29 is 23.8 Å². The van der Waals surface area contributed by atoms with E-state index in [1.165, 1.54) is 35.8 Å². The largest absolute Gasteiger partial charge is 0.497 e. The molecule has 2 aromatic heterocycles. The average Bonchev–Trinajstić information content (AvgIpc) is 3.59. The van der Waals surface area contributed by atoms with Crippen molar-refractivity contribution in [2.45, 2.75) is 57.8 Å². The van der Waals surface area contributed by atoms with Crippen molar-refractivity contribution in [1.29, 1.82) is 0 Å². The molecule has 1 unspecified atom stereocenters. The SMILES string of the molecule is CCn1c(SCC(=O)Nc2scc(-c3ccc(OC)cc3)c2C(=O)OC)nnc1C(C)Oc1ccc(C(C)(C)C)cc1. The van der Waals surface area contributed by atoms with E-state index in [0.29, 0.717) is 39.4 Å². The zero-order chi connectivity index (χ0) is 30.4. The number of rotatable bonds is 11.